The number of anilines is 2. The summed E-state index contributed by atoms with van der Waals surface area (Å²) in [6, 6.07) is 5.60. The van der Waals surface area contributed by atoms with E-state index < -0.39 is 0 Å². The molecule has 0 saturated carbocycles. The molecule has 36 heavy (non-hydrogen) atoms. The molecule has 2 fully saturated rings. The highest BCUT2D eigenvalue weighted by Crippen LogP contribution is 2.31. The van der Waals surface area contributed by atoms with Crippen LogP contribution in [0.5, 0.6) is 5.75 Å². The zero-order valence-corrected chi connectivity index (χ0v) is 21.1. The zero-order valence-electron chi connectivity index (χ0n) is 21.1. The number of benzene rings is 1. The fraction of sp³-hybridized carbons (Fsp3) is 0.538. The predicted molar refractivity (Wildman–Crippen MR) is 135 cm³/mol. The van der Waals surface area contributed by atoms with E-state index in [1.54, 1.807) is 18.5 Å². The molecule has 3 atom stereocenters. The van der Waals surface area contributed by atoms with E-state index in [1.807, 2.05) is 24.8 Å². The first-order chi connectivity index (χ1) is 17.4. The molecule has 2 N–H and O–H groups in total. The first-order valence-electron chi connectivity index (χ1n) is 12.7. The number of ether oxygens (including phenoxy) is 1. The average molecular weight is 496 g/mol. The van der Waals surface area contributed by atoms with Crippen molar-refractivity contribution in [1.82, 2.24) is 20.1 Å². The molecule has 1 aromatic carbocycles. The van der Waals surface area contributed by atoms with Crippen LogP contribution in [0.3, 0.4) is 0 Å². The second-order valence-electron chi connectivity index (χ2n) is 9.91. The molecule has 2 aliphatic heterocycles. The molecule has 3 aromatic rings. The SMILES string of the molecule is CCc1noc(N2CCC([C@H](C)Oc3cnc(N4C[C@H](c5cc(C)ccc5F)[C@@H](N)C4)nc3)CC2)n1. The topological polar surface area (TPSA) is 106 Å². The highest BCUT2D eigenvalue weighted by Gasteiger charge is 2.34. The fourth-order valence-electron chi connectivity index (χ4n) is 5.19. The molecule has 9 nitrogen and oxygen atoms in total. The Morgan fingerprint density at radius 2 is 1.92 bits per heavy atom. The van der Waals surface area contributed by atoms with Crippen molar-refractivity contribution < 1.29 is 13.7 Å². The fourth-order valence-corrected chi connectivity index (χ4v) is 5.19. The van der Waals surface area contributed by atoms with Crippen LogP contribution in [-0.4, -0.2) is 58.4 Å². The van der Waals surface area contributed by atoms with Crippen molar-refractivity contribution in [2.75, 3.05) is 36.0 Å². The summed E-state index contributed by atoms with van der Waals surface area (Å²) in [6.07, 6.45) is 6.18. The van der Waals surface area contributed by atoms with Gasteiger partial charge in [0.25, 0.3) is 0 Å². The van der Waals surface area contributed by atoms with Gasteiger partial charge in [-0.3, -0.25) is 0 Å². The van der Waals surface area contributed by atoms with Crippen molar-refractivity contribution in [2.45, 2.75) is 58.1 Å². The van der Waals surface area contributed by atoms with Crippen LogP contribution >= 0.6 is 0 Å². The van der Waals surface area contributed by atoms with Crippen LogP contribution in [0.1, 0.15) is 49.6 Å². The van der Waals surface area contributed by atoms with Gasteiger partial charge in [0.15, 0.2) is 11.6 Å². The van der Waals surface area contributed by atoms with Gasteiger partial charge < -0.3 is 24.8 Å². The van der Waals surface area contributed by atoms with Gasteiger partial charge in [-0.15, -0.1) is 0 Å². The van der Waals surface area contributed by atoms with Crippen molar-refractivity contribution in [3.63, 3.8) is 0 Å². The first-order valence-corrected chi connectivity index (χ1v) is 12.7. The number of aryl methyl sites for hydroxylation is 2. The normalized spacial score (nSPS) is 21.7. The number of rotatable bonds is 7. The highest BCUT2D eigenvalue weighted by atomic mass is 19.1. The average Bonchev–Trinajstić information content (AvgIpc) is 3.53. The van der Waals surface area contributed by atoms with Crippen molar-refractivity contribution in [3.05, 3.63) is 53.4 Å². The van der Waals surface area contributed by atoms with Crippen LogP contribution in [0, 0.1) is 18.7 Å². The number of hydrogen-bond donors (Lipinski definition) is 1. The predicted octanol–water partition coefficient (Wildman–Crippen LogP) is 3.48. The van der Waals surface area contributed by atoms with E-state index in [0.717, 1.165) is 43.7 Å². The molecule has 5 rings (SSSR count). The number of halogens is 1. The van der Waals surface area contributed by atoms with E-state index >= 15 is 0 Å². The standard InChI is InChI=1S/C26H34FN7O2/c1-4-24-31-26(36-32-24)33-9-7-18(8-10-33)17(3)35-19-12-29-25(30-13-19)34-14-21(23(28)15-34)20-11-16(2)5-6-22(20)27/h5-6,11-13,17-18,21,23H,4,7-10,14-15,28H2,1-3H3/t17-,21+,23-/m0/s1. The quantitative estimate of drug-likeness (QED) is 0.527. The van der Waals surface area contributed by atoms with E-state index in [1.165, 1.54) is 6.07 Å². The molecule has 0 amide bonds. The lowest BCUT2D eigenvalue weighted by Crippen LogP contribution is -2.38. The third-order valence-electron chi connectivity index (χ3n) is 7.38. The monoisotopic (exact) mass is 495 g/mol. The maximum atomic E-state index is 14.4. The molecular weight excluding hydrogens is 461 g/mol. The number of hydrogen-bond acceptors (Lipinski definition) is 9. The smallest absolute Gasteiger partial charge is 0.324 e. The molecule has 0 unspecified atom stereocenters. The molecule has 0 aliphatic carbocycles. The van der Waals surface area contributed by atoms with E-state index in [9.17, 15) is 4.39 Å². The molecule has 4 heterocycles. The minimum absolute atomic E-state index is 0.0318. The summed E-state index contributed by atoms with van der Waals surface area (Å²) in [5, 5.41) is 3.99. The Hall–Kier alpha value is -3.27. The molecule has 0 radical (unpaired) electrons. The number of piperidine rings is 1. The van der Waals surface area contributed by atoms with E-state index in [0.29, 0.717) is 42.3 Å². The Kier molecular flexibility index (Phi) is 7.04. The van der Waals surface area contributed by atoms with Crippen LogP contribution in [-0.2, 0) is 6.42 Å². The number of nitrogens with zero attached hydrogens (tertiary/aromatic N) is 6. The summed E-state index contributed by atoms with van der Waals surface area (Å²) in [6.45, 7) is 8.94. The van der Waals surface area contributed by atoms with Crippen molar-refractivity contribution in [3.8, 4) is 5.75 Å². The summed E-state index contributed by atoms with van der Waals surface area (Å²) in [5.41, 5.74) is 8.07. The molecule has 192 valence electrons. The van der Waals surface area contributed by atoms with E-state index in [-0.39, 0.29) is 23.9 Å². The van der Waals surface area contributed by atoms with Gasteiger partial charge >= 0.3 is 6.01 Å². The van der Waals surface area contributed by atoms with Gasteiger partial charge in [-0.1, -0.05) is 29.8 Å². The second kappa shape index (κ2) is 10.4. The Morgan fingerprint density at radius 3 is 2.61 bits per heavy atom. The van der Waals surface area contributed by atoms with Gasteiger partial charge in [-0.05, 0) is 44.2 Å². The first kappa shape index (κ1) is 24.4. The van der Waals surface area contributed by atoms with Crippen LogP contribution in [0.2, 0.25) is 0 Å². The highest BCUT2D eigenvalue weighted by molar-refractivity contribution is 5.39. The van der Waals surface area contributed by atoms with Crippen LogP contribution < -0.4 is 20.3 Å². The maximum Gasteiger partial charge on any atom is 0.324 e. The molecule has 2 aromatic heterocycles. The molecule has 2 aliphatic rings. The van der Waals surface area contributed by atoms with Gasteiger partial charge in [0.1, 0.15) is 5.82 Å². The lowest BCUT2D eigenvalue weighted by atomic mass is 9.92. The number of nitrogens with two attached hydrogens (primary N) is 1. The lowest BCUT2D eigenvalue weighted by Gasteiger charge is -2.33. The van der Waals surface area contributed by atoms with Gasteiger partial charge in [0, 0.05) is 44.6 Å². The third kappa shape index (κ3) is 5.13. The van der Waals surface area contributed by atoms with Crippen molar-refractivity contribution in [2.24, 2.45) is 11.7 Å². The van der Waals surface area contributed by atoms with Gasteiger partial charge in [-0.25, -0.2) is 14.4 Å². The molecular formula is C26H34FN7O2. The Balaban J connectivity index is 1.15. The molecule has 0 bridgehead atoms. The summed E-state index contributed by atoms with van der Waals surface area (Å²) in [7, 11) is 0. The largest absolute Gasteiger partial charge is 0.487 e. The molecule has 10 heteroatoms. The summed E-state index contributed by atoms with van der Waals surface area (Å²) >= 11 is 0. The summed E-state index contributed by atoms with van der Waals surface area (Å²) in [5.74, 6) is 2.06. The Bertz CT molecular complexity index is 1160. The number of aromatic nitrogens is 4. The van der Waals surface area contributed by atoms with Crippen LogP contribution in [0.25, 0.3) is 0 Å². The summed E-state index contributed by atoms with van der Waals surface area (Å²) < 4.78 is 26.0. The Labute approximate surface area is 210 Å². The lowest BCUT2D eigenvalue weighted by molar-refractivity contribution is 0.131. The molecule has 0 spiro atoms. The van der Waals surface area contributed by atoms with E-state index in [2.05, 4.69) is 31.9 Å². The second-order valence-corrected chi connectivity index (χ2v) is 9.91. The minimum Gasteiger partial charge on any atom is -0.487 e. The van der Waals surface area contributed by atoms with Crippen molar-refractivity contribution in [1.29, 1.82) is 0 Å². The van der Waals surface area contributed by atoms with Crippen LogP contribution in [0.15, 0.2) is 35.1 Å². The maximum absolute atomic E-state index is 14.4. The van der Waals surface area contributed by atoms with E-state index in [4.69, 9.17) is 15.0 Å². The zero-order chi connectivity index (χ0) is 25.2. The molecule has 2 saturated heterocycles. The van der Waals surface area contributed by atoms with Gasteiger partial charge in [0.2, 0.25) is 5.95 Å². The third-order valence-corrected chi connectivity index (χ3v) is 7.38. The van der Waals surface area contributed by atoms with Crippen molar-refractivity contribution >= 4 is 12.0 Å². The summed E-state index contributed by atoms with van der Waals surface area (Å²) in [4.78, 5) is 17.7. The Morgan fingerprint density at radius 1 is 1.17 bits per heavy atom. The van der Waals surface area contributed by atoms with Crippen LogP contribution in [0.4, 0.5) is 16.4 Å². The van der Waals surface area contributed by atoms with Gasteiger partial charge in [0.05, 0.1) is 18.5 Å². The minimum atomic E-state index is -0.213. The van der Waals surface area contributed by atoms with Gasteiger partial charge in [-0.2, -0.15) is 4.98 Å².